The number of benzene rings is 1. The van der Waals surface area contributed by atoms with Crippen molar-refractivity contribution in [3.63, 3.8) is 0 Å². The fourth-order valence-corrected chi connectivity index (χ4v) is 1.87. The molecule has 0 bridgehead atoms. The molecule has 4 N–H and O–H groups in total. The monoisotopic (exact) mass is 318 g/mol. The molecule has 0 unspecified atom stereocenters. The van der Waals surface area contributed by atoms with Crippen molar-refractivity contribution in [3.05, 3.63) is 34.6 Å². The first-order valence-corrected chi connectivity index (χ1v) is 5.92. The minimum atomic E-state index is -5.14. The summed E-state index contributed by atoms with van der Waals surface area (Å²) in [6.45, 7) is 0.122. The summed E-state index contributed by atoms with van der Waals surface area (Å²) in [7, 11) is 0. The first kappa shape index (κ1) is 17.7. The van der Waals surface area contributed by atoms with Crippen LogP contribution in [0.5, 0.6) is 0 Å². The van der Waals surface area contributed by atoms with Crippen LogP contribution in [0.2, 0.25) is 0 Å². The van der Waals surface area contributed by atoms with Gasteiger partial charge in [0.1, 0.15) is 5.82 Å². The van der Waals surface area contributed by atoms with Crippen LogP contribution in [0, 0.1) is 5.82 Å². The Labute approximate surface area is 115 Å². The molecule has 1 aromatic rings. The van der Waals surface area contributed by atoms with E-state index in [0.717, 1.165) is 0 Å². The summed E-state index contributed by atoms with van der Waals surface area (Å²) in [6, 6.07) is -1.49. The predicted octanol–water partition coefficient (Wildman–Crippen LogP) is 3.60. The van der Waals surface area contributed by atoms with Crippen LogP contribution in [-0.4, -0.2) is 6.54 Å². The number of halogens is 7. The summed E-state index contributed by atoms with van der Waals surface area (Å²) >= 11 is 0. The highest BCUT2D eigenvalue weighted by Crippen LogP contribution is 2.40. The molecule has 0 amide bonds. The number of alkyl halides is 6. The van der Waals surface area contributed by atoms with Crippen molar-refractivity contribution < 1.29 is 30.7 Å². The van der Waals surface area contributed by atoms with Gasteiger partial charge < -0.3 is 11.5 Å². The highest BCUT2D eigenvalue weighted by atomic mass is 19.4. The lowest BCUT2D eigenvalue weighted by molar-refractivity contribution is -0.144. The van der Waals surface area contributed by atoms with Crippen LogP contribution in [0.1, 0.15) is 35.6 Å². The maximum Gasteiger partial charge on any atom is 0.416 e. The molecule has 0 aliphatic carbocycles. The van der Waals surface area contributed by atoms with Crippen molar-refractivity contribution in [2.24, 2.45) is 11.5 Å². The van der Waals surface area contributed by atoms with Gasteiger partial charge in [-0.2, -0.15) is 26.3 Å². The van der Waals surface area contributed by atoms with E-state index in [0.29, 0.717) is 0 Å². The number of rotatable bonds is 4. The smallest absolute Gasteiger partial charge is 0.330 e. The van der Waals surface area contributed by atoms with E-state index in [1.165, 1.54) is 0 Å². The SMILES string of the molecule is NCCC[C@H](N)c1c(F)cc(C(F)(F)F)cc1C(F)(F)F. The molecular formula is C12H13F7N2. The number of hydrogen-bond donors (Lipinski definition) is 2. The zero-order valence-corrected chi connectivity index (χ0v) is 10.7. The molecule has 0 saturated heterocycles. The molecule has 0 fully saturated rings. The largest absolute Gasteiger partial charge is 0.416 e. The van der Waals surface area contributed by atoms with Crippen LogP contribution in [-0.2, 0) is 12.4 Å². The molecule has 0 aliphatic heterocycles. The van der Waals surface area contributed by atoms with Gasteiger partial charge in [-0.15, -0.1) is 0 Å². The summed E-state index contributed by atoms with van der Waals surface area (Å²) in [5, 5.41) is 0. The first-order chi connectivity index (χ1) is 9.48. The minimum Gasteiger partial charge on any atom is -0.330 e. The lowest BCUT2D eigenvalue weighted by Gasteiger charge is -2.21. The quantitative estimate of drug-likeness (QED) is 0.834. The summed E-state index contributed by atoms with van der Waals surface area (Å²) in [5.41, 5.74) is 6.26. The number of nitrogens with two attached hydrogens (primary N) is 2. The molecule has 0 aliphatic rings. The van der Waals surface area contributed by atoms with Crippen LogP contribution >= 0.6 is 0 Å². The van der Waals surface area contributed by atoms with Crippen LogP contribution in [0.15, 0.2) is 12.1 Å². The van der Waals surface area contributed by atoms with Gasteiger partial charge in [-0.3, -0.25) is 0 Å². The molecule has 1 aromatic carbocycles. The lowest BCUT2D eigenvalue weighted by atomic mass is 9.94. The Morgan fingerprint density at radius 2 is 1.57 bits per heavy atom. The third-order valence-corrected chi connectivity index (χ3v) is 2.85. The Hall–Kier alpha value is -1.35. The summed E-state index contributed by atoms with van der Waals surface area (Å²) in [6.07, 6.45) is -10.1. The average Bonchev–Trinajstić information content (AvgIpc) is 2.32. The summed E-state index contributed by atoms with van der Waals surface area (Å²) in [4.78, 5) is 0. The Balaban J connectivity index is 3.42. The molecule has 0 aromatic heterocycles. The van der Waals surface area contributed by atoms with Crippen molar-refractivity contribution in [1.29, 1.82) is 0 Å². The van der Waals surface area contributed by atoms with Gasteiger partial charge in [-0.1, -0.05) is 0 Å². The second-order valence-electron chi connectivity index (χ2n) is 4.45. The molecule has 2 nitrogen and oxygen atoms in total. The van der Waals surface area contributed by atoms with Crippen LogP contribution in [0.3, 0.4) is 0 Å². The Kier molecular flexibility index (Phi) is 5.21. The third-order valence-electron chi connectivity index (χ3n) is 2.85. The summed E-state index contributed by atoms with van der Waals surface area (Å²) in [5.74, 6) is -1.62. The van der Waals surface area contributed by atoms with Gasteiger partial charge in [0.2, 0.25) is 0 Å². The molecule has 0 spiro atoms. The van der Waals surface area contributed by atoms with Crippen molar-refractivity contribution in [1.82, 2.24) is 0 Å². The molecule has 120 valence electrons. The van der Waals surface area contributed by atoms with Crippen molar-refractivity contribution in [2.45, 2.75) is 31.2 Å². The lowest BCUT2D eigenvalue weighted by Crippen LogP contribution is -2.22. The van der Waals surface area contributed by atoms with Crippen LogP contribution in [0.4, 0.5) is 30.7 Å². The average molecular weight is 318 g/mol. The van der Waals surface area contributed by atoms with Gasteiger partial charge in [0.15, 0.2) is 0 Å². The second kappa shape index (κ2) is 6.18. The highest BCUT2D eigenvalue weighted by molar-refractivity contribution is 5.38. The van der Waals surface area contributed by atoms with E-state index in [4.69, 9.17) is 11.5 Å². The zero-order chi connectivity index (χ0) is 16.4. The maximum atomic E-state index is 13.7. The van der Waals surface area contributed by atoms with E-state index in [2.05, 4.69) is 0 Å². The van der Waals surface area contributed by atoms with Gasteiger partial charge >= 0.3 is 12.4 Å². The fraction of sp³-hybridized carbons (Fsp3) is 0.500. The van der Waals surface area contributed by atoms with Gasteiger partial charge in [0.05, 0.1) is 11.1 Å². The molecular weight excluding hydrogens is 305 g/mol. The van der Waals surface area contributed by atoms with E-state index >= 15 is 0 Å². The first-order valence-electron chi connectivity index (χ1n) is 5.92. The van der Waals surface area contributed by atoms with Crippen LogP contribution < -0.4 is 11.5 Å². The molecule has 0 saturated carbocycles. The van der Waals surface area contributed by atoms with E-state index < -0.39 is 40.9 Å². The predicted molar refractivity (Wildman–Crippen MR) is 61.6 cm³/mol. The second-order valence-corrected chi connectivity index (χ2v) is 4.45. The standard InChI is InChI=1S/C12H13F7N2/c13-8-5-6(11(14,15)16)4-7(12(17,18)19)10(8)9(21)2-1-3-20/h4-5,9H,1-3,20-21H2/t9-/m0/s1. The van der Waals surface area contributed by atoms with E-state index in [1.54, 1.807) is 0 Å². The fourth-order valence-electron chi connectivity index (χ4n) is 1.87. The molecule has 0 radical (unpaired) electrons. The minimum absolute atomic E-state index is 0.0207. The highest BCUT2D eigenvalue weighted by Gasteiger charge is 2.40. The topological polar surface area (TPSA) is 52.0 Å². The molecule has 1 rings (SSSR count). The molecule has 0 heterocycles. The third kappa shape index (κ3) is 4.31. The van der Waals surface area contributed by atoms with Crippen molar-refractivity contribution in [3.8, 4) is 0 Å². The Morgan fingerprint density at radius 1 is 1.00 bits per heavy atom. The van der Waals surface area contributed by atoms with Gasteiger partial charge in [-0.05, 0) is 31.5 Å². The Bertz CT molecular complexity index is 494. The summed E-state index contributed by atoms with van der Waals surface area (Å²) < 4.78 is 89.8. The van der Waals surface area contributed by atoms with E-state index in [-0.39, 0.29) is 31.5 Å². The van der Waals surface area contributed by atoms with E-state index in [9.17, 15) is 30.7 Å². The van der Waals surface area contributed by atoms with Gasteiger partial charge in [-0.25, -0.2) is 4.39 Å². The van der Waals surface area contributed by atoms with Crippen molar-refractivity contribution >= 4 is 0 Å². The van der Waals surface area contributed by atoms with Gasteiger partial charge in [0.25, 0.3) is 0 Å². The molecule has 1 atom stereocenters. The number of hydrogen-bond acceptors (Lipinski definition) is 2. The zero-order valence-electron chi connectivity index (χ0n) is 10.7. The van der Waals surface area contributed by atoms with Gasteiger partial charge in [0, 0.05) is 11.6 Å². The van der Waals surface area contributed by atoms with E-state index in [1.807, 2.05) is 0 Å². The Morgan fingerprint density at radius 3 is 2.00 bits per heavy atom. The molecule has 9 heteroatoms. The van der Waals surface area contributed by atoms with Crippen LogP contribution in [0.25, 0.3) is 0 Å². The molecule has 21 heavy (non-hydrogen) atoms. The maximum absolute atomic E-state index is 13.7. The normalized spacial score (nSPS) is 14.3. The van der Waals surface area contributed by atoms with Crippen molar-refractivity contribution in [2.75, 3.05) is 6.54 Å².